The summed E-state index contributed by atoms with van der Waals surface area (Å²) in [5.74, 6) is -0.282. The number of fused-ring (bicyclic) bond motifs is 1. The number of amides is 2. The lowest BCUT2D eigenvalue weighted by atomic mass is 10.0. The van der Waals surface area contributed by atoms with Gasteiger partial charge in [0, 0.05) is 36.7 Å². The molecule has 0 saturated carbocycles. The fourth-order valence-electron chi connectivity index (χ4n) is 4.64. The highest BCUT2D eigenvalue weighted by atomic mass is 79.9. The summed E-state index contributed by atoms with van der Waals surface area (Å²) in [6, 6.07) is 7.94. The number of pyridine rings is 1. The van der Waals surface area contributed by atoms with E-state index < -0.39 is 24.0 Å². The Kier molecular flexibility index (Phi) is 7.21. The molecule has 4 aromatic rings. The summed E-state index contributed by atoms with van der Waals surface area (Å²) in [6.07, 6.45) is 1.93. The molecule has 10 nitrogen and oxygen atoms in total. The third-order valence-corrected chi connectivity index (χ3v) is 7.10. The van der Waals surface area contributed by atoms with Crippen molar-refractivity contribution in [2.45, 2.75) is 46.0 Å². The van der Waals surface area contributed by atoms with Gasteiger partial charge in [0.1, 0.15) is 40.7 Å². The summed E-state index contributed by atoms with van der Waals surface area (Å²) in [7, 11) is 0. The van der Waals surface area contributed by atoms with Crippen molar-refractivity contribution < 1.29 is 18.8 Å². The molecule has 1 aliphatic rings. The number of alkyl halides is 1. The van der Waals surface area contributed by atoms with E-state index in [9.17, 15) is 18.8 Å². The van der Waals surface area contributed by atoms with E-state index in [0.717, 1.165) is 16.7 Å². The number of carbonyl (C=O) groups excluding carboxylic acids is 3. The molecular formula is C27H25BrFN7O3. The molecule has 200 valence electrons. The van der Waals surface area contributed by atoms with Gasteiger partial charge in [0.2, 0.25) is 11.8 Å². The number of benzene rings is 1. The summed E-state index contributed by atoms with van der Waals surface area (Å²) >= 11 is 3.28. The second-order valence-corrected chi connectivity index (χ2v) is 10.3. The minimum absolute atomic E-state index is 0.120. The van der Waals surface area contributed by atoms with Crippen LogP contribution in [0, 0.1) is 13.8 Å². The first-order valence-electron chi connectivity index (χ1n) is 12.3. The molecule has 0 radical (unpaired) electrons. The van der Waals surface area contributed by atoms with Crippen LogP contribution in [0.1, 0.15) is 35.2 Å². The number of Topliss-reactive ketones (excluding diaryl/α,β-unsaturated/α-hetero) is 1. The molecule has 2 amide bonds. The van der Waals surface area contributed by atoms with Crippen LogP contribution in [0.25, 0.3) is 22.0 Å². The number of hydrogen-bond acceptors (Lipinski definition) is 7. The summed E-state index contributed by atoms with van der Waals surface area (Å²) in [4.78, 5) is 52.8. The van der Waals surface area contributed by atoms with Gasteiger partial charge in [0.15, 0.2) is 5.78 Å². The molecule has 1 aromatic carbocycles. The normalized spacial score (nSPS) is 17.0. The van der Waals surface area contributed by atoms with Gasteiger partial charge in [-0.1, -0.05) is 12.1 Å². The average molecular weight is 594 g/mol. The van der Waals surface area contributed by atoms with Gasteiger partial charge in [-0.25, -0.2) is 19.3 Å². The average Bonchev–Trinajstić information content (AvgIpc) is 3.47. The summed E-state index contributed by atoms with van der Waals surface area (Å²) in [5.41, 5.74) is 3.08. The van der Waals surface area contributed by atoms with Crippen LogP contribution in [0.3, 0.4) is 0 Å². The smallest absolute Gasteiger partial charge is 0.248 e. The molecule has 1 N–H and O–H groups in total. The Morgan fingerprint density at radius 3 is 2.56 bits per heavy atom. The SMILES string of the molecule is CC(=O)c1nn(CC(=O)N2C[C@H](F)C[C@H]2C(=O)Nc2nc(Br)ccc2C)c2ccc(-c3cnc(C)nc3)cc12. The van der Waals surface area contributed by atoms with Gasteiger partial charge in [0.05, 0.1) is 12.1 Å². The third-order valence-electron chi connectivity index (χ3n) is 6.66. The fraction of sp³-hybridized carbons (Fsp3) is 0.296. The van der Waals surface area contributed by atoms with Crippen LogP contribution in [0.4, 0.5) is 10.2 Å². The third kappa shape index (κ3) is 5.42. The van der Waals surface area contributed by atoms with Gasteiger partial charge in [-0.2, -0.15) is 5.10 Å². The van der Waals surface area contributed by atoms with Crippen molar-refractivity contribution in [3.05, 3.63) is 64.4 Å². The van der Waals surface area contributed by atoms with Crippen LogP contribution in [-0.2, 0) is 16.1 Å². The fourth-order valence-corrected chi connectivity index (χ4v) is 4.95. The van der Waals surface area contributed by atoms with E-state index in [1.54, 1.807) is 44.4 Å². The first-order chi connectivity index (χ1) is 18.6. The zero-order valence-corrected chi connectivity index (χ0v) is 23.1. The molecular weight excluding hydrogens is 569 g/mol. The van der Waals surface area contributed by atoms with E-state index in [1.165, 1.54) is 16.5 Å². The summed E-state index contributed by atoms with van der Waals surface area (Å²) in [5, 5.41) is 7.70. The monoisotopic (exact) mass is 593 g/mol. The van der Waals surface area contributed by atoms with E-state index in [1.807, 2.05) is 12.1 Å². The molecule has 1 saturated heterocycles. The maximum atomic E-state index is 14.5. The Labute approximate surface area is 231 Å². The Morgan fingerprint density at radius 1 is 1.10 bits per heavy atom. The predicted molar refractivity (Wildman–Crippen MR) is 146 cm³/mol. The standard InChI is InChI=1S/C27H25BrFN7O3/c1-14-4-7-23(28)32-26(14)33-27(39)22-9-19(29)12-35(22)24(38)13-36-21-6-5-17(18-10-30-16(3)31-11-18)8-20(21)25(34-36)15(2)37/h4-8,10-11,19,22H,9,12-13H2,1-3H3,(H,32,33,39)/t19-,22+/m1/s1. The van der Waals surface area contributed by atoms with Crippen LogP contribution >= 0.6 is 15.9 Å². The molecule has 0 bridgehead atoms. The molecule has 5 rings (SSSR count). The molecule has 1 aliphatic heterocycles. The van der Waals surface area contributed by atoms with Crippen molar-refractivity contribution in [2.75, 3.05) is 11.9 Å². The Morgan fingerprint density at radius 2 is 1.85 bits per heavy atom. The number of likely N-dealkylation sites (tertiary alicyclic amines) is 1. The van der Waals surface area contributed by atoms with Crippen LogP contribution in [0.15, 0.2) is 47.3 Å². The molecule has 4 heterocycles. The van der Waals surface area contributed by atoms with Crippen molar-refractivity contribution >= 4 is 50.2 Å². The number of hydrogen-bond donors (Lipinski definition) is 1. The number of carbonyl (C=O) groups is 3. The molecule has 0 unspecified atom stereocenters. The first kappa shape index (κ1) is 26.5. The van der Waals surface area contributed by atoms with Crippen molar-refractivity contribution in [3.63, 3.8) is 0 Å². The van der Waals surface area contributed by atoms with Gasteiger partial charge in [0.25, 0.3) is 0 Å². The maximum Gasteiger partial charge on any atom is 0.248 e. The number of aromatic nitrogens is 5. The molecule has 1 fully saturated rings. The molecule has 0 spiro atoms. The minimum atomic E-state index is -1.34. The second-order valence-electron chi connectivity index (χ2n) is 9.50. The number of rotatable bonds is 6. The van der Waals surface area contributed by atoms with Gasteiger partial charge < -0.3 is 10.2 Å². The zero-order chi connectivity index (χ0) is 27.8. The van der Waals surface area contributed by atoms with Crippen LogP contribution in [0.2, 0.25) is 0 Å². The molecule has 0 aliphatic carbocycles. The van der Waals surface area contributed by atoms with Gasteiger partial charge >= 0.3 is 0 Å². The van der Waals surface area contributed by atoms with Crippen LogP contribution in [0.5, 0.6) is 0 Å². The number of nitrogens with one attached hydrogen (secondary N) is 1. The lowest BCUT2D eigenvalue weighted by Crippen LogP contribution is -2.44. The van der Waals surface area contributed by atoms with Crippen molar-refractivity contribution in [1.82, 2.24) is 29.6 Å². The summed E-state index contributed by atoms with van der Waals surface area (Å²) in [6.45, 7) is 4.51. The van der Waals surface area contributed by atoms with Gasteiger partial charge in [-0.15, -0.1) is 0 Å². The molecule has 2 atom stereocenters. The minimum Gasteiger partial charge on any atom is -0.326 e. The molecule has 39 heavy (non-hydrogen) atoms. The molecule has 3 aromatic heterocycles. The highest BCUT2D eigenvalue weighted by molar-refractivity contribution is 9.10. The first-order valence-corrected chi connectivity index (χ1v) is 13.1. The Hall–Kier alpha value is -4.06. The number of anilines is 1. The van der Waals surface area contributed by atoms with E-state index >= 15 is 0 Å². The predicted octanol–water partition coefficient (Wildman–Crippen LogP) is 4.05. The van der Waals surface area contributed by atoms with E-state index in [2.05, 4.69) is 41.3 Å². The van der Waals surface area contributed by atoms with Crippen molar-refractivity contribution in [1.29, 1.82) is 0 Å². The topological polar surface area (TPSA) is 123 Å². The van der Waals surface area contributed by atoms with Gasteiger partial charge in [-0.3, -0.25) is 19.1 Å². The Balaban J connectivity index is 1.41. The van der Waals surface area contributed by atoms with Crippen molar-refractivity contribution in [2.24, 2.45) is 0 Å². The second kappa shape index (κ2) is 10.6. The summed E-state index contributed by atoms with van der Waals surface area (Å²) < 4.78 is 16.4. The van der Waals surface area contributed by atoms with Gasteiger partial charge in [-0.05, 0) is 59.1 Å². The highest BCUT2D eigenvalue weighted by Gasteiger charge is 2.40. The number of halogens is 2. The van der Waals surface area contributed by atoms with E-state index in [0.29, 0.717) is 27.1 Å². The van der Waals surface area contributed by atoms with E-state index in [-0.39, 0.29) is 31.0 Å². The lowest BCUT2D eigenvalue weighted by molar-refractivity contribution is -0.137. The quantitative estimate of drug-likeness (QED) is 0.264. The van der Waals surface area contributed by atoms with E-state index in [4.69, 9.17) is 0 Å². The number of nitrogens with zero attached hydrogens (tertiary/aromatic N) is 6. The zero-order valence-electron chi connectivity index (χ0n) is 21.5. The van der Waals surface area contributed by atoms with Crippen LogP contribution < -0.4 is 5.32 Å². The largest absolute Gasteiger partial charge is 0.326 e. The maximum absolute atomic E-state index is 14.5. The number of aryl methyl sites for hydroxylation is 2. The highest BCUT2D eigenvalue weighted by Crippen LogP contribution is 2.28. The van der Waals surface area contributed by atoms with Crippen molar-refractivity contribution in [3.8, 4) is 11.1 Å². The van der Waals surface area contributed by atoms with Crippen LogP contribution in [-0.4, -0.2) is 66.0 Å². The molecule has 12 heteroatoms. The Bertz CT molecular complexity index is 1610. The number of ketones is 1. The lowest BCUT2D eigenvalue weighted by Gasteiger charge is -2.24.